The summed E-state index contributed by atoms with van der Waals surface area (Å²) in [5.41, 5.74) is 0.823. The van der Waals surface area contributed by atoms with E-state index in [0.717, 1.165) is 0 Å². The third kappa shape index (κ3) is 13.1. The molecule has 3 rings (SSSR count). The molecule has 2 radical (unpaired) electrons. The van der Waals surface area contributed by atoms with Gasteiger partial charge in [-0.05, 0) is 49.9 Å². The molecule has 2 heterocycles. The van der Waals surface area contributed by atoms with E-state index in [4.69, 9.17) is 0 Å². The highest BCUT2D eigenvalue weighted by Gasteiger charge is 2.31. The Labute approximate surface area is 287 Å². The summed E-state index contributed by atoms with van der Waals surface area (Å²) in [6, 6.07) is 2.56. The fourth-order valence-electron chi connectivity index (χ4n) is 5.04. The van der Waals surface area contributed by atoms with Crippen molar-refractivity contribution in [1.82, 2.24) is 31.9 Å². The van der Waals surface area contributed by atoms with Gasteiger partial charge in [0.1, 0.15) is 24.2 Å². The lowest BCUT2D eigenvalue weighted by Gasteiger charge is -2.20. The summed E-state index contributed by atoms with van der Waals surface area (Å²) >= 11 is 0. The second-order valence-corrected chi connectivity index (χ2v) is 11.6. The van der Waals surface area contributed by atoms with Crippen LogP contribution < -0.4 is 42.5 Å². The second-order valence-electron chi connectivity index (χ2n) is 11.6. The maximum atomic E-state index is 12.6. The zero-order valence-corrected chi connectivity index (χ0v) is 27.2. The molecule has 2 aliphatic heterocycles. The average Bonchev–Trinajstić information content (AvgIpc) is 3.73. The van der Waals surface area contributed by atoms with Crippen LogP contribution in [0.15, 0.2) is 24.3 Å². The Hall–Kier alpha value is -5.68. The van der Waals surface area contributed by atoms with Gasteiger partial charge in [0.05, 0.1) is 0 Å². The molecule has 18 nitrogen and oxygen atoms in total. The molecule has 0 spiro atoms. The van der Waals surface area contributed by atoms with Crippen molar-refractivity contribution in [3.8, 4) is 0 Å². The Balaban J connectivity index is 1.36. The van der Waals surface area contributed by atoms with Gasteiger partial charge in [-0.15, -0.1) is 0 Å². The van der Waals surface area contributed by atoms with Crippen LogP contribution in [0.25, 0.3) is 0 Å². The summed E-state index contributed by atoms with van der Waals surface area (Å²) in [5, 5.41) is 20.5. The van der Waals surface area contributed by atoms with Gasteiger partial charge in [0, 0.05) is 63.0 Å². The van der Waals surface area contributed by atoms with E-state index in [2.05, 4.69) is 42.5 Å². The van der Waals surface area contributed by atoms with E-state index in [9.17, 15) is 47.9 Å². The van der Waals surface area contributed by atoms with Crippen molar-refractivity contribution in [3.63, 3.8) is 0 Å². The van der Waals surface area contributed by atoms with Crippen molar-refractivity contribution in [1.29, 1.82) is 0 Å². The van der Waals surface area contributed by atoms with Crippen LogP contribution in [0.4, 0.5) is 11.4 Å². The largest absolute Gasteiger partial charge is 0.354 e. The minimum absolute atomic E-state index is 0.00368. The summed E-state index contributed by atoms with van der Waals surface area (Å²) in [6.45, 7) is -0.123. The number of carbonyl (C=O) groups excluding carboxylic acids is 10. The van der Waals surface area contributed by atoms with E-state index >= 15 is 0 Å². The summed E-state index contributed by atoms with van der Waals surface area (Å²) < 4.78 is 0. The summed E-state index contributed by atoms with van der Waals surface area (Å²) in [7, 11) is 0. The lowest BCUT2D eigenvalue weighted by molar-refractivity contribution is -0.130. The van der Waals surface area contributed by atoms with Crippen molar-refractivity contribution in [2.75, 3.05) is 23.7 Å². The molecule has 2 saturated heterocycles. The molecule has 0 bridgehead atoms. The molecule has 1 aromatic rings. The maximum Gasteiger partial charge on any atom is 0.243 e. The van der Waals surface area contributed by atoms with Gasteiger partial charge in [-0.1, -0.05) is 0 Å². The number of anilines is 2. The Morgan fingerprint density at radius 2 is 1.04 bits per heavy atom. The molecule has 2 fully saturated rings. The molecule has 8 N–H and O–H groups in total. The lowest BCUT2D eigenvalue weighted by atomic mass is 10.1. The van der Waals surface area contributed by atoms with Crippen LogP contribution in [0, 0.1) is 0 Å². The van der Waals surface area contributed by atoms with Crippen LogP contribution in [0.3, 0.4) is 0 Å². The van der Waals surface area contributed by atoms with Gasteiger partial charge >= 0.3 is 0 Å². The SMILES string of the molecule is O=[C]CC[C@H](NC(=O)[C@@H]1CCC(=O)N1)C(=O)NCCC(=O)Nc1ccc(NC(=O)CCNC(=O)[C@H](CC[C]=O)NC(=O)[C@@H]2CCC(=O)N2)cc1. The summed E-state index contributed by atoms with van der Waals surface area (Å²) in [5.74, 6) is -3.66. The number of nitrogens with one attached hydrogen (secondary N) is 8. The van der Waals surface area contributed by atoms with Gasteiger partial charge in [0.2, 0.25) is 47.3 Å². The lowest BCUT2D eigenvalue weighted by Crippen LogP contribution is -2.52. The number of carbonyl (C=O) groups is 8. The van der Waals surface area contributed by atoms with Crippen LogP contribution in [0.1, 0.15) is 64.2 Å². The van der Waals surface area contributed by atoms with Crippen molar-refractivity contribution in [3.05, 3.63) is 24.3 Å². The van der Waals surface area contributed by atoms with E-state index in [0.29, 0.717) is 24.2 Å². The van der Waals surface area contributed by atoms with Crippen molar-refractivity contribution >= 4 is 71.2 Å². The minimum Gasteiger partial charge on any atom is -0.354 e. The number of hydrogen-bond acceptors (Lipinski definition) is 10. The highest BCUT2D eigenvalue weighted by atomic mass is 16.2. The van der Waals surface area contributed by atoms with Crippen LogP contribution >= 0.6 is 0 Å². The molecular formula is C32H40N8O10. The predicted molar refractivity (Wildman–Crippen MR) is 175 cm³/mol. The quantitative estimate of drug-likeness (QED) is 0.0735. The summed E-state index contributed by atoms with van der Waals surface area (Å²) in [4.78, 5) is 119. The Morgan fingerprint density at radius 1 is 0.660 bits per heavy atom. The van der Waals surface area contributed by atoms with E-state index in [1.54, 1.807) is 36.8 Å². The first-order valence-corrected chi connectivity index (χ1v) is 16.1. The smallest absolute Gasteiger partial charge is 0.243 e. The van der Waals surface area contributed by atoms with Crippen LogP contribution in [-0.2, 0) is 47.9 Å². The van der Waals surface area contributed by atoms with Crippen molar-refractivity contribution in [2.45, 2.75) is 88.4 Å². The third-order valence-electron chi connectivity index (χ3n) is 7.71. The van der Waals surface area contributed by atoms with Gasteiger partial charge in [-0.3, -0.25) is 47.9 Å². The Bertz CT molecular complexity index is 1340. The van der Waals surface area contributed by atoms with Gasteiger partial charge in [-0.25, -0.2) is 0 Å². The first-order valence-electron chi connectivity index (χ1n) is 16.1. The maximum absolute atomic E-state index is 12.6. The normalized spacial score (nSPS) is 17.6. The Kier molecular flexibility index (Phi) is 15.5. The second kappa shape index (κ2) is 20.0. The van der Waals surface area contributed by atoms with Crippen LogP contribution in [0.5, 0.6) is 0 Å². The van der Waals surface area contributed by atoms with Crippen molar-refractivity contribution in [2.24, 2.45) is 0 Å². The third-order valence-corrected chi connectivity index (χ3v) is 7.71. The van der Waals surface area contributed by atoms with E-state index in [1.807, 2.05) is 0 Å². The molecule has 0 aromatic heterocycles. The van der Waals surface area contributed by atoms with Gasteiger partial charge in [-0.2, -0.15) is 0 Å². The first-order chi connectivity index (χ1) is 24.0. The fraction of sp³-hybridized carbons (Fsp3) is 0.500. The molecule has 0 aliphatic carbocycles. The highest BCUT2D eigenvalue weighted by molar-refractivity contribution is 5.96. The van der Waals surface area contributed by atoms with Gasteiger partial charge in [0.15, 0.2) is 12.6 Å². The molecule has 18 heteroatoms. The van der Waals surface area contributed by atoms with Crippen LogP contribution in [0.2, 0.25) is 0 Å². The van der Waals surface area contributed by atoms with Gasteiger partial charge in [0.25, 0.3) is 0 Å². The minimum atomic E-state index is -1.05. The molecule has 0 unspecified atom stereocenters. The fourth-order valence-corrected chi connectivity index (χ4v) is 5.04. The molecule has 268 valence electrons. The molecule has 4 atom stereocenters. The summed E-state index contributed by atoms with van der Waals surface area (Å²) in [6.07, 6.45) is 3.91. The van der Waals surface area contributed by atoms with Crippen LogP contribution in [-0.4, -0.2) is 97.1 Å². The van der Waals surface area contributed by atoms with E-state index < -0.39 is 59.6 Å². The Morgan fingerprint density at radius 3 is 1.36 bits per heavy atom. The standard InChI is InChI=1S/C32H40N8O10/c41-17-1-3-21(39-31(49)23-9-11-25(43)37-23)29(47)33-15-13-27(45)35-19-5-7-20(8-6-19)36-28(46)14-16-34-30(48)22(4-2-18-42)40-32(50)24-10-12-26(44)38-24/h5-8,21-24H,1-4,9-16H2,(H,33,47)(H,34,48)(H,35,45)(H,36,46)(H,37,43)(H,38,44)(H,39,49)(H,40,50)/t21-,22-,23-,24-/m0/s1. The monoisotopic (exact) mass is 696 g/mol. The molecular weight excluding hydrogens is 656 g/mol. The van der Waals surface area contributed by atoms with E-state index in [-0.39, 0.29) is 76.3 Å². The van der Waals surface area contributed by atoms with E-state index in [1.165, 1.54) is 0 Å². The molecule has 0 saturated carbocycles. The molecule has 50 heavy (non-hydrogen) atoms. The predicted octanol–water partition coefficient (Wildman–Crippen LogP) is -2.12. The average molecular weight is 697 g/mol. The molecule has 2 aliphatic rings. The zero-order valence-electron chi connectivity index (χ0n) is 27.2. The van der Waals surface area contributed by atoms with Gasteiger partial charge < -0.3 is 42.5 Å². The highest BCUT2D eigenvalue weighted by Crippen LogP contribution is 2.14. The zero-order chi connectivity index (χ0) is 36.5. The topological polar surface area (TPSA) is 267 Å². The van der Waals surface area contributed by atoms with Crippen molar-refractivity contribution < 1.29 is 47.9 Å². The number of benzene rings is 1. The number of amides is 8. The number of hydrogen-bond donors (Lipinski definition) is 8. The molecule has 8 amide bonds. The molecule has 1 aromatic carbocycles. The first kappa shape index (κ1) is 38.8. The number of rotatable bonds is 20.